The Bertz CT molecular complexity index is 658. The molecule has 2 rings (SSSR count). The van der Waals surface area contributed by atoms with Crippen LogP contribution >= 0.6 is 0 Å². The fraction of sp³-hybridized carbons (Fsp3) is 0.312. The normalized spacial score (nSPS) is 10.3. The largest absolute Gasteiger partial charge is 0.494 e. The monoisotopic (exact) mass is 300 g/mol. The van der Waals surface area contributed by atoms with Crippen molar-refractivity contribution in [2.24, 2.45) is 0 Å². The van der Waals surface area contributed by atoms with Crippen LogP contribution in [0.4, 0.5) is 5.82 Å². The maximum atomic E-state index is 11.9. The van der Waals surface area contributed by atoms with Gasteiger partial charge in [0.15, 0.2) is 5.82 Å². The number of carbonyl (C=O) groups is 1. The molecule has 0 bridgehead atoms. The topological polar surface area (TPSA) is 90.1 Å². The molecule has 0 saturated heterocycles. The van der Waals surface area contributed by atoms with Crippen molar-refractivity contribution >= 4 is 11.7 Å². The predicted octanol–water partition coefficient (Wildman–Crippen LogP) is 2.26. The number of anilines is 1. The van der Waals surface area contributed by atoms with Gasteiger partial charge in [0, 0.05) is 18.3 Å². The molecule has 3 N–H and O–H groups in total. The summed E-state index contributed by atoms with van der Waals surface area (Å²) in [5.41, 5.74) is 6.96. The average Bonchev–Trinajstić information content (AvgIpc) is 2.53. The first-order valence-electron chi connectivity index (χ1n) is 7.29. The molecule has 0 unspecified atom stereocenters. The van der Waals surface area contributed by atoms with Crippen molar-refractivity contribution in [3.8, 4) is 17.1 Å². The van der Waals surface area contributed by atoms with Crippen molar-refractivity contribution in [2.45, 2.75) is 20.3 Å². The number of ether oxygens (including phenoxy) is 1. The minimum atomic E-state index is -0.256. The molecule has 22 heavy (non-hydrogen) atoms. The van der Waals surface area contributed by atoms with E-state index >= 15 is 0 Å². The first kappa shape index (κ1) is 15.8. The fourth-order valence-electron chi connectivity index (χ4n) is 1.93. The van der Waals surface area contributed by atoms with Crippen LogP contribution in [0.1, 0.15) is 30.6 Å². The summed E-state index contributed by atoms with van der Waals surface area (Å²) in [7, 11) is 0. The van der Waals surface area contributed by atoms with E-state index in [0.29, 0.717) is 19.0 Å². The highest BCUT2D eigenvalue weighted by Gasteiger charge is 2.13. The number of hydrogen-bond acceptors (Lipinski definition) is 5. The summed E-state index contributed by atoms with van der Waals surface area (Å²) in [6, 6.07) is 7.44. The number of nitrogens with one attached hydrogen (secondary N) is 1. The van der Waals surface area contributed by atoms with E-state index in [1.807, 2.05) is 38.1 Å². The fourth-order valence-corrected chi connectivity index (χ4v) is 1.93. The zero-order valence-electron chi connectivity index (χ0n) is 12.8. The van der Waals surface area contributed by atoms with Gasteiger partial charge in [0.2, 0.25) is 0 Å². The number of rotatable bonds is 6. The van der Waals surface area contributed by atoms with Gasteiger partial charge in [-0.1, -0.05) is 19.1 Å². The van der Waals surface area contributed by atoms with Crippen molar-refractivity contribution in [3.63, 3.8) is 0 Å². The molecular weight excluding hydrogens is 280 g/mol. The van der Waals surface area contributed by atoms with E-state index in [-0.39, 0.29) is 17.3 Å². The van der Waals surface area contributed by atoms with Crippen LogP contribution in [-0.4, -0.2) is 29.0 Å². The van der Waals surface area contributed by atoms with Crippen LogP contribution in [0.3, 0.4) is 0 Å². The second-order valence-corrected chi connectivity index (χ2v) is 4.71. The molecular formula is C16H20N4O2. The van der Waals surface area contributed by atoms with E-state index in [9.17, 15) is 4.79 Å². The van der Waals surface area contributed by atoms with E-state index in [1.54, 1.807) is 0 Å². The number of aromatic nitrogens is 2. The van der Waals surface area contributed by atoms with Crippen LogP contribution in [0.15, 0.2) is 30.5 Å². The number of nitrogens with zero attached hydrogens (tertiary/aromatic N) is 2. The molecule has 2 aromatic rings. The van der Waals surface area contributed by atoms with E-state index in [2.05, 4.69) is 15.3 Å². The van der Waals surface area contributed by atoms with Gasteiger partial charge >= 0.3 is 0 Å². The molecule has 0 fully saturated rings. The summed E-state index contributed by atoms with van der Waals surface area (Å²) in [4.78, 5) is 20.4. The Hall–Kier alpha value is -2.63. The quantitative estimate of drug-likeness (QED) is 0.854. The van der Waals surface area contributed by atoms with Gasteiger partial charge in [-0.05, 0) is 25.5 Å². The Labute approximate surface area is 129 Å². The number of nitrogen functional groups attached to an aromatic ring is 1. The van der Waals surface area contributed by atoms with E-state index in [1.165, 1.54) is 6.20 Å². The average molecular weight is 300 g/mol. The Kier molecular flexibility index (Phi) is 5.30. The molecule has 1 aromatic heterocycles. The van der Waals surface area contributed by atoms with Crippen LogP contribution in [0.5, 0.6) is 5.75 Å². The summed E-state index contributed by atoms with van der Waals surface area (Å²) in [5, 5.41) is 2.76. The predicted molar refractivity (Wildman–Crippen MR) is 85.7 cm³/mol. The molecule has 116 valence electrons. The molecule has 0 radical (unpaired) electrons. The van der Waals surface area contributed by atoms with Crippen LogP contribution in [0.25, 0.3) is 11.4 Å². The first-order chi connectivity index (χ1) is 10.7. The molecule has 0 atom stereocenters. The Morgan fingerprint density at radius 3 is 2.86 bits per heavy atom. The van der Waals surface area contributed by atoms with Crippen molar-refractivity contribution in [3.05, 3.63) is 36.0 Å². The van der Waals surface area contributed by atoms with Gasteiger partial charge in [0.1, 0.15) is 11.6 Å². The number of nitrogens with two attached hydrogens (primary N) is 1. The lowest BCUT2D eigenvalue weighted by Gasteiger charge is -2.08. The highest BCUT2D eigenvalue weighted by atomic mass is 16.5. The van der Waals surface area contributed by atoms with Gasteiger partial charge < -0.3 is 15.8 Å². The van der Waals surface area contributed by atoms with E-state index in [4.69, 9.17) is 10.5 Å². The molecule has 6 heteroatoms. The minimum absolute atomic E-state index is 0.167. The number of carbonyl (C=O) groups excluding carboxylic acids is 1. The second kappa shape index (κ2) is 7.40. The van der Waals surface area contributed by atoms with Crippen molar-refractivity contribution in [1.82, 2.24) is 15.3 Å². The van der Waals surface area contributed by atoms with Crippen LogP contribution < -0.4 is 15.8 Å². The molecule has 0 aliphatic heterocycles. The number of amides is 1. The third-order valence-electron chi connectivity index (χ3n) is 3.00. The van der Waals surface area contributed by atoms with Gasteiger partial charge in [0.25, 0.3) is 5.91 Å². The first-order valence-corrected chi connectivity index (χ1v) is 7.29. The molecule has 0 spiro atoms. The summed E-state index contributed by atoms with van der Waals surface area (Å²) in [6.45, 7) is 5.08. The SMILES string of the molecule is CCCNC(=O)c1cnc(-c2cccc(OCC)c2)nc1N. The van der Waals surface area contributed by atoms with Crippen molar-refractivity contribution < 1.29 is 9.53 Å². The second-order valence-electron chi connectivity index (χ2n) is 4.71. The van der Waals surface area contributed by atoms with Crippen molar-refractivity contribution in [1.29, 1.82) is 0 Å². The summed E-state index contributed by atoms with van der Waals surface area (Å²) in [5.74, 6) is 1.12. The Balaban J connectivity index is 2.25. The number of hydrogen-bond donors (Lipinski definition) is 2. The van der Waals surface area contributed by atoms with Gasteiger partial charge in [-0.15, -0.1) is 0 Å². The van der Waals surface area contributed by atoms with E-state index in [0.717, 1.165) is 17.7 Å². The lowest BCUT2D eigenvalue weighted by atomic mass is 10.2. The van der Waals surface area contributed by atoms with Crippen molar-refractivity contribution in [2.75, 3.05) is 18.9 Å². The van der Waals surface area contributed by atoms with Gasteiger partial charge in [-0.3, -0.25) is 4.79 Å². The maximum absolute atomic E-state index is 11.9. The van der Waals surface area contributed by atoms with Gasteiger partial charge in [0.05, 0.1) is 12.2 Å². The zero-order chi connectivity index (χ0) is 15.9. The van der Waals surface area contributed by atoms with Gasteiger partial charge in [-0.25, -0.2) is 9.97 Å². The zero-order valence-corrected chi connectivity index (χ0v) is 12.8. The molecule has 6 nitrogen and oxygen atoms in total. The molecule has 0 aliphatic carbocycles. The highest BCUT2D eigenvalue weighted by Crippen LogP contribution is 2.22. The Morgan fingerprint density at radius 1 is 1.36 bits per heavy atom. The van der Waals surface area contributed by atoms with Crippen LogP contribution in [-0.2, 0) is 0 Å². The Morgan fingerprint density at radius 2 is 2.18 bits per heavy atom. The van der Waals surface area contributed by atoms with Gasteiger partial charge in [-0.2, -0.15) is 0 Å². The summed E-state index contributed by atoms with van der Waals surface area (Å²) >= 11 is 0. The standard InChI is InChI=1S/C16H20N4O2/c1-3-8-18-16(21)13-10-19-15(20-14(13)17)11-6-5-7-12(9-11)22-4-2/h5-7,9-10H,3-4,8H2,1-2H3,(H,18,21)(H2,17,19,20). The summed E-state index contributed by atoms with van der Waals surface area (Å²) < 4.78 is 5.45. The third kappa shape index (κ3) is 3.72. The van der Waals surface area contributed by atoms with E-state index < -0.39 is 0 Å². The van der Waals surface area contributed by atoms with Crippen LogP contribution in [0.2, 0.25) is 0 Å². The minimum Gasteiger partial charge on any atom is -0.494 e. The molecule has 1 aromatic carbocycles. The number of benzene rings is 1. The third-order valence-corrected chi connectivity index (χ3v) is 3.00. The lowest BCUT2D eigenvalue weighted by Crippen LogP contribution is -2.25. The molecule has 1 heterocycles. The molecule has 0 aliphatic rings. The summed E-state index contributed by atoms with van der Waals surface area (Å²) in [6.07, 6.45) is 2.31. The molecule has 1 amide bonds. The maximum Gasteiger partial charge on any atom is 0.256 e. The van der Waals surface area contributed by atoms with Crippen LogP contribution in [0, 0.1) is 0 Å². The smallest absolute Gasteiger partial charge is 0.256 e. The highest BCUT2D eigenvalue weighted by molar-refractivity contribution is 5.98. The lowest BCUT2D eigenvalue weighted by molar-refractivity contribution is 0.0954. The molecule has 0 saturated carbocycles.